The molecule has 0 saturated heterocycles. The number of aryl methyl sites for hydroxylation is 2. The maximum absolute atomic E-state index is 9.19. The number of rotatable bonds is 9. The van der Waals surface area contributed by atoms with Gasteiger partial charge in [-0.15, -0.1) is 0 Å². The van der Waals surface area contributed by atoms with Gasteiger partial charge in [0.15, 0.2) is 11.9 Å². The van der Waals surface area contributed by atoms with Crippen molar-refractivity contribution in [2.24, 2.45) is 0 Å². The maximum Gasteiger partial charge on any atom is 0.261 e. The van der Waals surface area contributed by atoms with Crippen molar-refractivity contribution in [1.82, 2.24) is 0 Å². The second kappa shape index (κ2) is 12.6. The molecule has 0 fully saturated rings. The first-order valence-electron chi connectivity index (χ1n) is 8.28. The Morgan fingerprint density at radius 1 is 1.00 bits per heavy atom. The first-order chi connectivity index (χ1) is 10.4. The van der Waals surface area contributed by atoms with Crippen LogP contribution in [0.25, 0.3) is 0 Å². The fourth-order valence-corrected chi connectivity index (χ4v) is 2.20. The molecule has 0 unspecified atom stereocenters. The third kappa shape index (κ3) is 14.0. The molecule has 5 heteroatoms. The Bertz CT molecular complexity index is 478. The zero-order valence-corrected chi connectivity index (χ0v) is 15.1. The molecule has 0 aliphatic rings. The van der Waals surface area contributed by atoms with E-state index in [1.165, 1.54) is 63.6 Å². The van der Waals surface area contributed by atoms with E-state index < -0.39 is 10.1 Å². The lowest BCUT2D eigenvalue weighted by atomic mass is 10.1. The van der Waals surface area contributed by atoms with Crippen molar-refractivity contribution < 1.29 is 17.5 Å². The SMILES string of the molecule is CCCCCCC[n+]1ccccc1CCCC.CS(=O)(=O)O. The van der Waals surface area contributed by atoms with Crippen LogP contribution in [0.2, 0.25) is 0 Å². The minimum atomic E-state index is -3.67. The number of unbranched alkanes of at least 4 members (excludes halogenated alkanes) is 5. The fraction of sp³-hybridized carbons (Fsp3) is 0.706. The summed E-state index contributed by atoms with van der Waals surface area (Å²) >= 11 is 0. The number of nitrogens with zero attached hydrogens (tertiary/aromatic N) is 1. The second-order valence-corrected chi connectivity index (χ2v) is 7.10. The molecule has 4 nitrogen and oxygen atoms in total. The van der Waals surface area contributed by atoms with E-state index in [9.17, 15) is 8.42 Å². The lowest BCUT2D eigenvalue weighted by Gasteiger charge is -2.03. The lowest BCUT2D eigenvalue weighted by molar-refractivity contribution is -0.704. The third-order valence-electron chi connectivity index (χ3n) is 3.32. The van der Waals surface area contributed by atoms with E-state index in [4.69, 9.17) is 4.55 Å². The highest BCUT2D eigenvalue weighted by atomic mass is 32.2. The van der Waals surface area contributed by atoms with E-state index in [-0.39, 0.29) is 0 Å². The molecule has 22 heavy (non-hydrogen) atoms. The summed E-state index contributed by atoms with van der Waals surface area (Å²) in [5, 5.41) is 0. The van der Waals surface area contributed by atoms with Crippen molar-refractivity contribution >= 4 is 10.1 Å². The molecule has 0 amide bonds. The van der Waals surface area contributed by atoms with Crippen LogP contribution in [0, 0.1) is 0 Å². The summed E-state index contributed by atoms with van der Waals surface area (Å²) in [7, 11) is -3.67. The molecule has 0 bridgehead atoms. The predicted octanol–water partition coefficient (Wildman–Crippen LogP) is 3.79. The summed E-state index contributed by atoms with van der Waals surface area (Å²) in [6, 6.07) is 6.60. The highest BCUT2D eigenvalue weighted by molar-refractivity contribution is 7.85. The van der Waals surface area contributed by atoms with Gasteiger partial charge in [-0.05, 0) is 12.8 Å². The normalized spacial score (nSPS) is 10.9. The average Bonchev–Trinajstić information content (AvgIpc) is 2.44. The maximum atomic E-state index is 9.19. The zero-order valence-electron chi connectivity index (χ0n) is 14.3. The number of aromatic nitrogens is 1. The number of hydrogen-bond donors (Lipinski definition) is 1. The molecule has 1 rings (SSSR count). The van der Waals surface area contributed by atoms with Crippen LogP contribution in [0.4, 0.5) is 0 Å². The van der Waals surface area contributed by atoms with E-state index in [1.807, 2.05) is 0 Å². The van der Waals surface area contributed by atoms with Crippen molar-refractivity contribution in [2.45, 2.75) is 71.8 Å². The molecule has 0 atom stereocenters. The highest BCUT2D eigenvalue weighted by Gasteiger charge is 2.07. The summed E-state index contributed by atoms with van der Waals surface area (Å²) in [6.45, 7) is 5.73. The van der Waals surface area contributed by atoms with Gasteiger partial charge in [0, 0.05) is 25.0 Å². The van der Waals surface area contributed by atoms with Crippen molar-refractivity contribution in [3.05, 3.63) is 30.1 Å². The number of pyridine rings is 1. The van der Waals surface area contributed by atoms with Gasteiger partial charge in [0.1, 0.15) is 6.54 Å². The minimum Gasteiger partial charge on any atom is -0.286 e. The van der Waals surface area contributed by atoms with Crippen LogP contribution in [0.15, 0.2) is 24.4 Å². The molecular formula is C17H32NO3S+. The molecule has 0 aliphatic carbocycles. The molecule has 1 aromatic rings. The van der Waals surface area contributed by atoms with Crippen LogP contribution in [-0.2, 0) is 23.1 Å². The Morgan fingerprint density at radius 2 is 1.59 bits per heavy atom. The van der Waals surface area contributed by atoms with E-state index in [0.717, 1.165) is 0 Å². The van der Waals surface area contributed by atoms with E-state index >= 15 is 0 Å². The van der Waals surface area contributed by atoms with Gasteiger partial charge in [-0.25, -0.2) is 4.57 Å². The van der Waals surface area contributed by atoms with Crippen molar-refractivity contribution in [2.75, 3.05) is 6.26 Å². The molecule has 0 aromatic carbocycles. The van der Waals surface area contributed by atoms with Gasteiger partial charge in [0.2, 0.25) is 0 Å². The molecule has 1 N–H and O–H groups in total. The van der Waals surface area contributed by atoms with Gasteiger partial charge in [-0.3, -0.25) is 4.55 Å². The van der Waals surface area contributed by atoms with Gasteiger partial charge < -0.3 is 0 Å². The summed E-state index contributed by atoms with van der Waals surface area (Å²) in [4.78, 5) is 0. The number of hydrogen-bond acceptors (Lipinski definition) is 2. The van der Waals surface area contributed by atoms with Crippen LogP contribution in [-0.4, -0.2) is 19.2 Å². The Labute approximate surface area is 136 Å². The van der Waals surface area contributed by atoms with E-state index in [0.29, 0.717) is 6.26 Å². The lowest BCUT2D eigenvalue weighted by Crippen LogP contribution is -2.37. The van der Waals surface area contributed by atoms with Crippen molar-refractivity contribution in [3.8, 4) is 0 Å². The Balaban J connectivity index is 0.000000763. The van der Waals surface area contributed by atoms with E-state index in [1.54, 1.807) is 0 Å². The van der Waals surface area contributed by atoms with Crippen molar-refractivity contribution in [3.63, 3.8) is 0 Å². The molecule has 1 heterocycles. The molecule has 0 saturated carbocycles. The quantitative estimate of drug-likeness (QED) is 0.426. The Hall–Kier alpha value is -0.940. The van der Waals surface area contributed by atoms with Crippen molar-refractivity contribution in [1.29, 1.82) is 0 Å². The van der Waals surface area contributed by atoms with Gasteiger partial charge in [-0.2, -0.15) is 8.42 Å². The van der Waals surface area contributed by atoms with Gasteiger partial charge >= 0.3 is 0 Å². The second-order valence-electron chi connectivity index (χ2n) is 5.64. The molecular weight excluding hydrogens is 298 g/mol. The fourth-order valence-electron chi connectivity index (χ4n) is 2.20. The molecule has 1 aromatic heterocycles. The Kier molecular flexibility index (Phi) is 12.1. The van der Waals surface area contributed by atoms with Gasteiger partial charge in [-0.1, -0.05) is 45.6 Å². The molecule has 128 valence electrons. The van der Waals surface area contributed by atoms with Crippen LogP contribution in [0.3, 0.4) is 0 Å². The average molecular weight is 331 g/mol. The van der Waals surface area contributed by atoms with Crippen LogP contribution in [0.5, 0.6) is 0 Å². The summed E-state index contributed by atoms with van der Waals surface area (Å²) in [6.07, 6.45) is 13.6. The topological polar surface area (TPSA) is 58.2 Å². The summed E-state index contributed by atoms with van der Waals surface area (Å²) in [5.41, 5.74) is 1.50. The van der Waals surface area contributed by atoms with Crippen LogP contribution >= 0.6 is 0 Å². The van der Waals surface area contributed by atoms with Gasteiger partial charge in [0.05, 0.1) is 6.26 Å². The molecule has 0 aliphatic heterocycles. The monoisotopic (exact) mass is 330 g/mol. The smallest absolute Gasteiger partial charge is 0.261 e. The first-order valence-corrected chi connectivity index (χ1v) is 10.1. The predicted molar refractivity (Wildman–Crippen MR) is 91.5 cm³/mol. The van der Waals surface area contributed by atoms with Crippen LogP contribution < -0.4 is 4.57 Å². The molecule has 0 spiro atoms. The summed E-state index contributed by atoms with van der Waals surface area (Å²) < 4.78 is 28.3. The van der Waals surface area contributed by atoms with Gasteiger partial charge in [0.25, 0.3) is 10.1 Å². The minimum absolute atomic E-state index is 0.715. The Morgan fingerprint density at radius 3 is 2.18 bits per heavy atom. The largest absolute Gasteiger partial charge is 0.286 e. The zero-order chi connectivity index (χ0) is 16.8. The molecule has 0 radical (unpaired) electrons. The third-order valence-corrected chi connectivity index (χ3v) is 3.32. The first kappa shape index (κ1) is 21.1. The standard InChI is InChI=1S/C16H28N.CH4O3S/c1-3-5-7-8-10-14-17-15-11-9-13-16(17)12-6-4-2;1-5(2,3)4/h9,11,13,15H,3-8,10,12,14H2,1-2H3;1H3,(H,2,3,4)/q+1;. The van der Waals surface area contributed by atoms with E-state index in [2.05, 4.69) is 42.8 Å². The van der Waals surface area contributed by atoms with Crippen LogP contribution in [0.1, 0.15) is 64.5 Å². The highest BCUT2D eigenvalue weighted by Crippen LogP contribution is 2.04. The summed E-state index contributed by atoms with van der Waals surface area (Å²) in [5.74, 6) is 0.